The molecule has 0 aliphatic rings. The van der Waals surface area contributed by atoms with Crippen LogP contribution >= 0.6 is 0 Å². The van der Waals surface area contributed by atoms with E-state index in [9.17, 15) is 9.90 Å². The van der Waals surface area contributed by atoms with E-state index in [1.54, 1.807) is 36.3 Å². The summed E-state index contributed by atoms with van der Waals surface area (Å²) in [6, 6.07) is 19.2. The van der Waals surface area contributed by atoms with Crippen LogP contribution in [-0.2, 0) is 43.9 Å². The SMILES string of the molecule is O=C(O)Cc1cn(Cc2cn(Cc3c[nH]c4ccc(Cn5cncn5)cc34)c3ccc(Cn4cncn4)cc23)c2ccc(Cn3cncn3)cc12. The zero-order chi connectivity index (χ0) is 34.3. The Morgan fingerprint density at radius 2 is 1.08 bits per heavy atom. The average Bonchev–Trinajstić information content (AvgIpc) is 3.98. The molecule has 0 aliphatic carbocycles. The second-order valence-corrected chi connectivity index (χ2v) is 12.8. The number of nitrogens with zero attached hydrogens (tertiary/aromatic N) is 11. The molecule has 252 valence electrons. The largest absolute Gasteiger partial charge is 0.481 e. The van der Waals surface area contributed by atoms with Crippen molar-refractivity contribution in [3.63, 3.8) is 0 Å². The van der Waals surface area contributed by atoms with Crippen LogP contribution in [-0.4, -0.2) is 69.5 Å². The molecular formula is C37H32N12O2. The van der Waals surface area contributed by atoms with Gasteiger partial charge in [-0.05, 0) is 69.8 Å². The summed E-state index contributed by atoms with van der Waals surface area (Å²) in [5.74, 6) is -0.867. The van der Waals surface area contributed by atoms with E-state index in [-0.39, 0.29) is 6.42 Å². The van der Waals surface area contributed by atoms with E-state index in [4.69, 9.17) is 0 Å². The van der Waals surface area contributed by atoms with Gasteiger partial charge in [0.1, 0.15) is 38.0 Å². The maximum absolute atomic E-state index is 12.0. The number of carbonyl (C=O) groups is 1. The van der Waals surface area contributed by atoms with Crippen molar-refractivity contribution < 1.29 is 9.90 Å². The van der Waals surface area contributed by atoms with Crippen LogP contribution in [0.4, 0.5) is 0 Å². The van der Waals surface area contributed by atoms with Crippen LogP contribution in [0.1, 0.15) is 33.4 Å². The number of H-pyrrole nitrogens is 1. The molecule has 0 bridgehead atoms. The van der Waals surface area contributed by atoms with Crippen molar-refractivity contribution in [1.82, 2.24) is 58.4 Å². The first-order valence-electron chi connectivity index (χ1n) is 16.5. The molecule has 2 N–H and O–H groups in total. The molecule has 0 saturated heterocycles. The third kappa shape index (κ3) is 6.03. The highest BCUT2D eigenvalue weighted by atomic mass is 16.4. The normalized spacial score (nSPS) is 11.8. The zero-order valence-electron chi connectivity index (χ0n) is 27.4. The minimum absolute atomic E-state index is 0.0699. The molecule has 0 atom stereocenters. The molecule has 14 nitrogen and oxygen atoms in total. The quantitative estimate of drug-likeness (QED) is 0.188. The summed E-state index contributed by atoms with van der Waals surface area (Å²) in [5.41, 5.74) is 9.52. The Morgan fingerprint density at radius 1 is 0.588 bits per heavy atom. The first-order chi connectivity index (χ1) is 25.0. The summed E-state index contributed by atoms with van der Waals surface area (Å²) in [4.78, 5) is 27.7. The molecule has 0 spiro atoms. The number of hydrogen-bond donors (Lipinski definition) is 2. The fraction of sp³-hybridized carbons (Fsp3) is 0.162. The van der Waals surface area contributed by atoms with Crippen molar-refractivity contribution in [2.45, 2.75) is 39.1 Å². The summed E-state index contributed by atoms with van der Waals surface area (Å²) in [6.45, 7) is 3.01. The molecule has 9 aromatic rings. The van der Waals surface area contributed by atoms with Gasteiger partial charge < -0.3 is 19.2 Å². The highest BCUT2D eigenvalue weighted by molar-refractivity contribution is 5.90. The fourth-order valence-electron chi connectivity index (χ4n) is 7.05. The van der Waals surface area contributed by atoms with Gasteiger partial charge in [0.25, 0.3) is 0 Å². The Kier molecular flexibility index (Phi) is 7.45. The molecule has 0 aliphatic heterocycles. The van der Waals surface area contributed by atoms with E-state index in [1.807, 2.05) is 15.6 Å². The molecule has 9 rings (SSSR count). The van der Waals surface area contributed by atoms with Gasteiger partial charge >= 0.3 is 5.97 Å². The fourth-order valence-corrected chi connectivity index (χ4v) is 7.05. The van der Waals surface area contributed by atoms with E-state index >= 15 is 0 Å². The number of nitrogens with one attached hydrogen (secondary N) is 1. The standard InChI is InChI=1S/C37H32N12O2/c50-37(51)10-28-15-45(35-5-2-26(8-32(28)35)13-48-23-39-20-43-48)17-30-18-46(36-6-3-27(9-33(30)36)14-49-24-40-21-44-49)16-29-11-41-34-4-1-25(7-31(29)34)12-47-22-38-19-42-47/h1-9,11,15,18-24,41H,10,12-14,16-17H2,(H,50,51). The predicted molar refractivity (Wildman–Crippen MR) is 189 cm³/mol. The summed E-state index contributed by atoms with van der Waals surface area (Å²) in [5, 5.41) is 25.8. The number of hydrogen-bond acceptors (Lipinski definition) is 7. The molecule has 51 heavy (non-hydrogen) atoms. The third-order valence-corrected chi connectivity index (χ3v) is 9.34. The molecule has 0 saturated carbocycles. The third-order valence-electron chi connectivity index (χ3n) is 9.34. The van der Waals surface area contributed by atoms with Gasteiger partial charge in [0.2, 0.25) is 0 Å². The van der Waals surface area contributed by atoms with Crippen molar-refractivity contribution >= 4 is 38.7 Å². The molecule has 6 heterocycles. The average molecular weight is 677 g/mol. The lowest BCUT2D eigenvalue weighted by Gasteiger charge is -2.08. The lowest BCUT2D eigenvalue weighted by atomic mass is 10.1. The van der Waals surface area contributed by atoms with Crippen LogP contribution in [0.25, 0.3) is 32.7 Å². The summed E-state index contributed by atoms with van der Waals surface area (Å²) in [6.07, 6.45) is 15.9. The molecule has 0 fully saturated rings. The zero-order valence-corrected chi connectivity index (χ0v) is 27.4. The first kappa shape index (κ1) is 30.2. The molecule has 0 amide bonds. The molecule has 3 aromatic carbocycles. The maximum atomic E-state index is 12.0. The van der Waals surface area contributed by atoms with Crippen LogP contribution < -0.4 is 0 Å². The highest BCUT2D eigenvalue weighted by Crippen LogP contribution is 2.30. The Balaban J connectivity index is 1.11. The Morgan fingerprint density at radius 3 is 1.61 bits per heavy atom. The van der Waals surface area contributed by atoms with Gasteiger partial charge in [-0.3, -0.25) is 4.79 Å². The summed E-state index contributed by atoms with van der Waals surface area (Å²) >= 11 is 0. The van der Waals surface area contributed by atoms with Crippen LogP contribution in [0.15, 0.2) is 111 Å². The van der Waals surface area contributed by atoms with E-state index < -0.39 is 5.97 Å². The van der Waals surface area contributed by atoms with E-state index in [2.05, 4.69) is 111 Å². The summed E-state index contributed by atoms with van der Waals surface area (Å²) in [7, 11) is 0. The Labute approximate surface area is 290 Å². The molecule has 0 radical (unpaired) electrons. The second-order valence-electron chi connectivity index (χ2n) is 12.8. The molecule has 14 heteroatoms. The number of aliphatic carboxylic acids is 1. The number of aromatic amines is 1. The Hall–Kier alpha value is -6.83. The highest BCUT2D eigenvalue weighted by Gasteiger charge is 2.17. The van der Waals surface area contributed by atoms with E-state index in [0.29, 0.717) is 32.7 Å². The van der Waals surface area contributed by atoms with Crippen molar-refractivity contribution in [2.24, 2.45) is 0 Å². The van der Waals surface area contributed by atoms with Crippen LogP contribution in [0.2, 0.25) is 0 Å². The Bertz CT molecular complexity index is 2630. The summed E-state index contributed by atoms with van der Waals surface area (Å²) < 4.78 is 9.86. The van der Waals surface area contributed by atoms with Crippen LogP contribution in [0.3, 0.4) is 0 Å². The number of fused-ring (bicyclic) bond motifs is 3. The van der Waals surface area contributed by atoms with Crippen molar-refractivity contribution in [1.29, 1.82) is 0 Å². The minimum Gasteiger partial charge on any atom is -0.481 e. The predicted octanol–water partition coefficient (Wildman–Crippen LogP) is 4.72. The van der Waals surface area contributed by atoms with Gasteiger partial charge in [-0.2, -0.15) is 15.3 Å². The number of carboxylic acids is 1. The topological polar surface area (TPSA) is 155 Å². The van der Waals surface area contributed by atoms with Crippen molar-refractivity contribution in [3.8, 4) is 0 Å². The second kappa shape index (κ2) is 12.6. The van der Waals surface area contributed by atoms with Gasteiger partial charge in [0.15, 0.2) is 0 Å². The van der Waals surface area contributed by atoms with Gasteiger partial charge in [-0.1, -0.05) is 18.2 Å². The lowest BCUT2D eigenvalue weighted by Crippen LogP contribution is -2.01. The van der Waals surface area contributed by atoms with E-state index in [0.717, 1.165) is 60.5 Å². The number of aromatic nitrogens is 12. The smallest absolute Gasteiger partial charge is 0.307 e. The number of rotatable bonds is 12. The first-order valence-corrected chi connectivity index (χ1v) is 16.5. The maximum Gasteiger partial charge on any atom is 0.307 e. The lowest BCUT2D eigenvalue weighted by molar-refractivity contribution is -0.136. The van der Waals surface area contributed by atoms with Gasteiger partial charge in [0, 0.05) is 64.4 Å². The molecule has 0 unspecified atom stereocenters. The molecule has 6 aromatic heterocycles. The van der Waals surface area contributed by atoms with Crippen LogP contribution in [0.5, 0.6) is 0 Å². The minimum atomic E-state index is -0.867. The van der Waals surface area contributed by atoms with Gasteiger partial charge in [-0.15, -0.1) is 0 Å². The van der Waals surface area contributed by atoms with Crippen molar-refractivity contribution in [3.05, 3.63) is 145 Å². The van der Waals surface area contributed by atoms with E-state index in [1.165, 1.54) is 11.9 Å². The number of benzene rings is 3. The van der Waals surface area contributed by atoms with Gasteiger partial charge in [0.05, 0.1) is 26.1 Å². The van der Waals surface area contributed by atoms with Gasteiger partial charge in [-0.25, -0.2) is 29.0 Å². The molecular weight excluding hydrogens is 644 g/mol. The van der Waals surface area contributed by atoms with Crippen LogP contribution in [0, 0.1) is 0 Å². The number of carboxylic acid groups (broad SMARTS) is 1. The van der Waals surface area contributed by atoms with Crippen molar-refractivity contribution in [2.75, 3.05) is 0 Å². The monoisotopic (exact) mass is 676 g/mol.